The minimum absolute atomic E-state index is 0. The van der Waals surface area contributed by atoms with Crippen LogP contribution < -0.4 is 10.6 Å². The number of rotatable bonds is 5. The first-order valence-electron chi connectivity index (χ1n) is 10.2. The highest BCUT2D eigenvalue weighted by molar-refractivity contribution is 5.95. The van der Waals surface area contributed by atoms with E-state index in [0.29, 0.717) is 37.0 Å². The van der Waals surface area contributed by atoms with Crippen LogP contribution in [0.5, 0.6) is 0 Å². The molecule has 6 nitrogen and oxygen atoms in total. The first-order valence-corrected chi connectivity index (χ1v) is 10.2. The largest absolute Gasteiger partial charge is 0.375 e. The lowest BCUT2D eigenvalue weighted by atomic mass is 10.0. The summed E-state index contributed by atoms with van der Waals surface area (Å²) in [7, 11) is 1.26. The second-order valence-corrected chi connectivity index (χ2v) is 7.41. The van der Waals surface area contributed by atoms with Crippen LogP contribution in [-0.4, -0.2) is 48.1 Å². The lowest BCUT2D eigenvalue weighted by Crippen LogP contribution is -2.39. The van der Waals surface area contributed by atoms with Gasteiger partial charge in [0.05, 0.1) is 35.2 Å². The van der Waals surface area contributed by atoms with E-state index in [4.69, 9.17) is 4.74 Å². The van der Waals surface area contributed by atoms with Crippen molar-refractivity contribution in [3.63, 3.8) is 0 Å². The van der Waals surface area contributed by atoms with Gasteiger partial charge < -0.3 is 19.8 Å². The van der Waals surface area contributed by atoms with Gasteiger partial charge in [0.15, 0.2) is 11.6 Å². The van der Waals surface area contributed by atoms with Gasteiger partial charge in [0, 0.05) is 32.8 Å². The van der Waals surface area contributed by atoms with Crippen molar-refractivity contribution in [1.82, 2.24) is 20.0 Å². The summed E-state index contributed by atoms with van der Waals surface area (Å²) in [6.45, 7) is 3.82. The quantitative estimate of drug-likeness (QED) is 0.564. The maximum Gasteiger partial charge on any atom is 0.254 e. The number of hydrogen-bond acceptors (Lipinski definition) is 4. The topological polar surface area (TPSA) is 67.7 Å². The number of benzene rings is 1. The van der Waals surface area contributed by atoms with E-state index in [1.807, 2.05) is 19.1 Å². The summed E-state index contributed by atoms with van der Waals surface area (Å²) in [5.41, 5.74) is 0.734. The first kappa shape index (κ1) is 24.0. The van der Waals surface area contributed by atoms with Crippen molar-refractivity contribution in [2.24, 2.45) is 0 Å². The van der Waals surface area contributed by atoms with E-state index in [9.17, 15) is 9.18 Å². The number of pyridine rings is 1. The third-order valence-electron chi connectivity index (χ3n) is 5.49. The van der Waals surface area contributed by atoms with Gasteiger partial charge >= 0.3 is 0 Å². The highest BCUT2D eigenvalue weighted by Gasteiger charge is 2.29. The molecule has 1 aromatic carbocycles. The van der Waals surface area contributed by atoms with Crippen LogP contribution in [0.3, 0.4) is 0 Å². The van der Waals surface area contributed by atoms with Crippen molar-refractivity contribution in [2.75, 3.05) is 26.7 Å². The summed E-state index contributed by atoms with van der Waals surface area (Å²) in [5, 5.41) is 5.40. The fourth-order valence-electron chi connectivity index (χ4n) is 3.83. The molecule has 1 atom stereocenters. The number of imidazole rings is 1. The van der Waals surface area contributed by atoms with E-state index in [0.717, 1.165) is 18.5 Å². The van der Waals surface area contributed by atoms with Gasteiger partial charge in [-0.1, -0.05) is 6.92 Å². The zero-order valence-corrected chi connectivity index (χ0v) is 18.5. The molecular formula is C22H24ClF3N4O2. The Hall–Kier alpha value is -2.62. The number of aryl methyl sites for hydroxylation is 1. The number of halogens is 4. The van der Waals surface area contributed by atoms with Gasteiger partial charge in [-0.05, 0) is 30.2 Å². The molecular weight excluding hydrogens is 445 g/mol. The highest BCUT2D eigenvalue weighted by atomic mass is 35.5. The maximum atomic E-state index is 15.0. The summed E-state index contributed by atoms with van der Waals surface area (Å²) >= 11 is 0. The SMILES string of the molecule is CCc1ccn2c(C[C@H]3CNCCO3)c(-c3c(F)cc(C(=O)NC)c(F)c3F)nc2c1.Cl. The summed E-state index contributed by atoms with van der Waals surface area (Å²) in [6, 6.07) is 4.44. The molecule has 0 spiro atoms. The van der Waals surface area contributed by atoms with Gasteiger partial charge in [-0.15, -0.1) is 12.4 Å². The molecule has 2 N–H and O–H groups in total. The Morgan fingerprint density at radius 1 is 1.31 bits per heavy atom. The molecule has 1 aliphatic rings. The van der Waals surface area contributed by atoms with Gasteiger partial charge in [-0.2, -0.15) is 0 Å². The van der Waals surface area contributed by atoms with E-state index in [-0.39, 0.29) is 24.2 Å². The molecule has 32 heavy (non-hydrogen) atoms. The lowest BCUT2D eigenvalue weighted by molar-refractivity contribution is 0.0286. The molecule has 4 rings (SSSR count). The van der Waals surface area contributed by atoms with Crippen LogP contribution in [-0.2, 0) is 17.6 Å². The summed E-state index contributed by atoms with van der Waals surface area (Å²) in [6.07, 6.45) is 2.66. The summed E-state index contributed by atoms with van der Waals surface area (Å²) in [4.78, 5) is 16.3. The number of fused-ring (bicyclic) bond motifs is 1. The molecule has 0 aliphatic carbocycles. The molecule has 1 saturated heterocycles. The van der Waals surface area contributed by atoms with E-state index >= 15 is 8.78 Å². The monoisotopic (exact) mass is 468 g/mol. The zero-order valence-electron chi connectivity index (χ0n) is 17.7. The van der Waals surface area contributed by atoms with Crippen LogP contribution in [0.25, 0.3) is 16.9 Å². The van der Waals surface area contributed by atoms with Crippen LogP contribution >= 0.6 is 12.4 Å². The molecule has 0 bridgehead atoms. The number of carbonyl (C=O) groups excluding carboxylic acids is 1. The number of carbonyl (C=O) groups is 1. The molecule has 1 aliphatic heterocycles. The number of amides is 1. The third-order valence-corrected chi connectivity index (χ3v) is 5.49. The first-order chi connectivity index (χ1) is 14.9. The Morgan fingerprint density at radius 3 is 2.75 bits per heavy atom. The van der Waals surface area contributed by atoms with Gasteiger partial charge in [0.25, 0.3) is 5.91 Å². The van der Waals surface area contributed by atoms with Crippen molar-refractivity contribution < 1.29 is 22.7 Å². The Morgan fingerprint density at radius 2 is 2.09 bits per heavy atom. The van der Waals surface area contributed by atoms with Crippen LogP contribution in [0.2, 0.25) is 0 Å². The van der Waals surface area contributed by atoms with Gasteiger partial charge in [-0.3, -0.25) is 4.79 Å². The van der Waals surface area contributed by atoms with Gasteiger partial charge in [-0.25, -0.2) is 18.2 Å². The molecule has 2 aromatic heterocycles. The second kappa shape index (κ2) is 9.89. The smallest absolute Gasteiger partial charge is 0.254 e. The zero-order chi connectivity index (χ0) is 22.1. The molecule has 3 heterocycles. The normalized spacial score (nSPS) is 16.1. The number of ether oxygens (including phenoxy) is 1. The van der Waals surface area contributed by atoms with Crippen LogP contribution in [0, 0.1) is 17.5 Å². The van der Waals surface area contributed by atoms with E-state index in [1.165, 1.54) is 7.05 Å². The Labute approximate surface area is 189 Å². The fraction of sp³-hybridized carbons (Fsp3) is 0.364. The molecule has 10 heteroatoms. The average molecular weight is 469 g/mol. The number of morpholine rings is 1. The van der Waals surface area contributed by atoms with Crippen molar-refractivity contribution in [1.29, 1.82) is 0 Å². The van der Waals surface area contributed by atoms with Crippen molar-refractivity contribution >= 4 is 24.0 Å². The average Bonchev–Trinajstić information content (AvgIpc) is 3.13. The van der Waals surface area contributed by atoms with Crippen LogP contribution in [0.4, 0.5) is 13.2 Å². The standard InChI is InChI=1S/C22H23F3N4O2.ClH/c1-3-12-4-6-29-16(9-13-11-27-5-7-31-13)21(28-17(29)8-12)18-15(23)10-14(22(30)26-2)19(24)20(18)25;/h4,6,8,10,13,27H,3,5,7,9,11H2,1-2H3,(H,26,30);1H/t13-;/m0./s1. The predicted molar refractivity (Wildman–Crippen MR) is 117 cm³/mol. The molecule has 3 aromatic rings. The minimum Gasteiger partial charge on any atom is -0.375 e. The van der Waals surface area contributed by atoms with Gasteiger partial charge in [0.2, 0.25) is 0 Å². The number of aromatic nitrogens is 2. The van der Waals surface area contributed by atoms with Crippen molar-refractivity contribution in [3.8, 4) is 11.3 Å². The summed E-state index contributed by atoms with van der Waals surface area (Å²) < 4.78 is 52.2. The van der Waals surface area contributed by atoms with E-state index in [2.05, 4.69) is 15.6 Å². The molecule has 1 fully saturated rings. The fourth-order valence-corrected chi connectivity index (χ4v) is 3.83. The molecule has 0 saturated carbocycles. The summed E-state index contributed by atoms with van der Waals surface area (Å²) in [5.74, 6) is -4.82. The molecule has 0 radical (unpaired) electrons. The van der Waals surface area contributed by atoms with Crippen LogP contribution in [0.15, 0.2) is 24.4 Å². The minimum atomic E-state index is -1.44. The Balaban J connectivity index is 0.00000289. The van der Waals surface area contributed by atoms with Crippen LogP contribution in [0.1, 0.15) is 28.5 Å². The maximum absolute atomic E-state index is 15.0. The number of nitrogens with one attached hydrogen (secondary N) is 2. The predicted octanol–water partition coefficient (Wildman–Crippen LogP) is 3.29. The van der Waals surface area contributed by atoms with Crippen molar-refractivity contribution in [3.05, 3.63) is 58.7 Å². The molecule has 0 unspecified atom stereocenters. The van der Waals surface area contributed by atoms with E-state index in [1.54, 1.807) is 10.6 Å². The van der Waals surface area contributed by atoms with Gasteiger partial charge in [0.1, 0.15) is 11.5 Å². The van der Waals surface area contributed by atoms with Crippen molar-refractivity contribution in [2.45, 2.75) is 25.9 Å². The van der Waals surface area contributed by atoms with E-state index < -0.39 is 34.5 Å². The lowest BCUT2D eigenvalue weighted by Gasteiger charge is -2.24. The highest BCUT2D eigenvalue weighted by Crippen LogP contribution is 2.33. The third kappa shape index (κ3) is 4.32. The number of hydrogen-bond donors (Lipinski definition) is 2. The number of nitrogens with zero attached hydrogens (tertiary/aromatic N) is 2. The Bertz CT molecular complexity index is 1150. The molecule has 172 valence electrons. The second-order valence-electron chi connectivity index (χ2n) is 7.41. The molecule has 1 amide bonds. The Kier molecular flexibility index (Phi) is 7.43.